The number of allylic oxidation sites excluding steroid dienone is 1. The Labute approximate surface area is 92.2 Å². The normalized spacial score (nSPS) is 13.6. The predicted octanol–water partition coefficient (Wildman–Crippen LogP) is 4.20. The minimum Gasteiger partial charge on any atom is -0.239 e. The molecule has 1 unspecified atom stereocenters. The minimum atomic E-state index is -1.55. The maximum Gasteiger partial charge on any atom is 0.175 e. The van der Waals surface area contributed by atoms with Crippen LogP contribution in [0.15, 0.2) is 18.1 Å². The molecule has 0 aliphatic rings. The van der Waals surface area contributed by atoms with Gasteiger partial charge in [-0.15, -0.1) is 0 Å². The third kappa shape index (κ3) is 5.42. The van der Waals surface area contributed by atoms with Crippen molar-refractivity contribution < 1.29 is 8.78 Å². The lowest BCUT2D eigenvalue weighted by atomic mass is 9.84. The fourth-order valence-electron chi connectivity index (χ4n) is 1.04. The molecule has 76 valence electrons. The van der Waals surface area contributed by atoms with E-state index in [9.17, 15) is 8.78 Å². The average Bonchev–Trinajstić information content (AvgIpc) is 2.01. The van der Waals surface area contributed by atoms with E-state index in [1.807, 2.05) is 19.6 Å². The zero-order valence-electron chi connectivity index (χ0n) is 8.04. The maximum atomic E-state index is 13.1. The van der Waals surface area contributed by atoms with Crippen LogP contribution in [-0.2, 0) is 0 Å². The van der Waals surface area contributed by atoms with E-state index in [1.54, 1.807) is 0 Å². The lowest BCUT2D eigenvalue weighted by Gasteiger charge is -2.24. The smallest absolute Gasteiger partial charge is 0.175 e. The highest BCUT2D eigenvalue weighted by Gasteiger charge is 2.25. The standard InChI is InChI=1S/C10H15F2I/c1-4-8(11)9(12)7-10(2,3)5-6-13/h9H,1,5-7H2,2-3H3. The Balaban J connectivity index is 4.18. The van der Waals surface area contributed by atoms with Crippen LogP contribution >= 0.6 is 22.6 Å². The van der Waals surface area contributed by atoms with Gasteiger partial charge < -0.3 is 0 Å². The summed E-state index contributed by atoms with van der Waals surface area (Å²) in [4.78, 5) is 0. The minimum absolute atomic E-state index is 0.158. The first kappa shape index (κ1) is 13.1. The Bertz CT molecular complexity index is 205. The number of rotatable bonds is 5. The molecule has 0 aromatic carbocycles. The molecule has 0 spiro atoms. The molecule has 13 heavy (non-hydrogen) atoms. The van der Waals surface area contributed by atoms with E-state index in [4.69, 9.17) is 0 Å². The summed E-state index contributed by atoms with van der Waals surface area (Å²) in [5.74, 6) is -0.874. The second-order valence-electron chi connectivity index (χ2n) is 3.80. The van der Waals surface area contributed by atoms with Crippen LogP contribution in [0.4, 0.5) is 8.78 Å². The highest BCUT2D eigenvalue weighted by atomic mass is 127. The van der Waals surface area contributed by atoms with Crippen LogP contribution in [0.25, 0.3) is 0 Å². The zero-order chi connectivity index (χ0) is 10.5. The van der Waals surface area contributed by atoms with Crippen molar-refractivity contribution in [3.05, 3.63) is 18.1 Å². The molecule has 0 aliphatic heterocycles. The largest absolute Gasteiger partial charge is 0.239 e. The number of alkyl halides is 2. The highest BCUT2D eigenvalue weighted by molar-refractivity contribution is 14.1. The van der Waals surface area contributed by atoms with Crippen molar-refractivity contribution in [2.24, 2.45) is 5.41 Å². The van der Waals surface area contributed by atoms with Crippen molar-refractivity contribution in [1.29, 1.82) is 0 Å². The van der Waals surface area contributed by atoms with Crippen LogP contribution in [0.2, 0.25) is 0 Å². The highest BCUT2D eigenvalue weighted by Crippen LogP contribution is 2.31. The van der Waals surface area contributed by atoms with Gasteiger partial charge in [0.25, 0.3) is 0 Å². The second kappa shape index (κ2) is 5.76. The number of hydrogen-bond donors (Lipinski definition) is 0. The molecule has 0 saturated carbocycles. The molecular formula is C10H15F2I. The molecule has 0 saturated heterocycles. The molecule has 0 rings (SSSR count). The number of halogens is 3. The molecule has 0 amide bonds. The van der Waals surface area contributed by atoms with Gasteiger partial charge in [-0.1, -0.05) is 48.7 Å². The van der Waals surface area contributed by atoms with Crippen LogP contribution < -0.4 is 0 Å². The second-order valence-corrected chi connectivity index (χ2v) is 4.88. The molecule has 0 aliphatic carbocycles. The molecule has 0 fully saturated rings. The summed E-state index contributed by atoms with van der Waals surface area (Å²) in [6.07, 6.45) is -0.460. The Morgan fingerprint density at radius 1 is 1.62 bits per heavy atom. The summed E-state index contributed by atoms with van der Waals surface area (Å²) in [7, 11) is 0. The van der Waals surface area contributed by atoms with E-state index in [-0.39, 0.29) is 11.8 Å². The lowest BCUT2D eigenvalue weighted by molar-refractivity contribution is 0.209. The first-order chi connectivity index (χ1) is 5.93. The Hall–Kier alpha value is 0.110. The molecule has 0 aromatic rings. The van der Waals surface area contributed by atoms with Crippen molar-refractivity contribution in [2.45, 2.75) is 32.9 Å². The van der Waals surface area contributed by atoms with Crippen LogP contribution in [0, 0.1) is 5.41 Å². The quantitative estimate of drug-likeness (QED) is 0.405. The summed E-state index contributed by atoms with van der Waals surface area (Å²) >= 11 is 2.24. The van der Waals surface area contributed by atoms with Crippen molar-refractivity contribution in [3.8, 4) is 0 Å². The molecule has 0 nitrogen and oxygen atoms in total. The van der Waals surface area contributed by atoms with Crippen LogP contribution in [0.3, 0.4) is 0 Å². The topological polar surface area (TPSA) is 0 Å². The maximum absolute atomic E-state index is 13.1. The monoisotopic (exact) mass is 300 g/mol. The van der Waals surface area contributed by atoms with Gasteiger partial charge in [0.2, 0.25) is 0 Å². The van der Waals surface area contributed by atoms with Crippen molar-refractivity contribution >= 4 is 22.6 Å². The summed E-state index contributed by atoms with van der Waals surface area (Å²) in [5, 5.41) is 0. The van der Waals surface area contributed by atoms with Gasteiger partial charge in [0.1, 0.15) is 0 Å². The van der Waals surface area contributed by atoms with E-state index in [2.05, 4.69) is 29.2 Å². The molecule has 1 atom stereocenters. The first-order valence-electron chi connectivity index (χ1n) is 4.18. The van der Waals surface area contributed by atoms with E-state index in [0.29, 0.717) is 0 Å². The molecule has 3 heteroatoms. The summed E-state index contributed by atoms with van der Waals surface area (Å²) in [6.45, 7) is 6.96. The summed E-state index contributed by atoms with van der Waals surface area (Å²) in [5.41, 5.74) is 1.79. The van der Waals surface area contributed by atoms with Crippen LogP contribution in [0.1, 0.15) is 26.7 Å². The summed E-state index contributed by atoms with van der Waals surface area (Å²) in [6, 6.07) is 0. The van der Waals surface area contributed by atoms with Crippen molar-refractivity contribution in [1.82, 2.24) is 0 Å². The SMILES string of the molecule is C=C=C(F)C(F)CC(C)(C)CCI. The van der Waals surface area contributed by atoms with Gasteiger partial charge in [-0.2, -0.15) is 4.39 Å². The third-order valence-corrected chi connectivity index (χ3v) is 2.49. The van der Waals surface area contributed by atoms with Gasteiger partial charge in [-0.3, -0.25) is 0 Å². The van der Waals surface area contributed by atoms with Gasteiger partial charge in [0, 0.05) is 4.43 Å². The molecule has 0 N–H and O–H groups in total. The Morgan fingerprint density at radius 3 is 2.54 bits per heavy atom. The van der Waals surface area contributed by atoms with E-state index >= 15 is 0 Å². The van der Waals surface area contributed by atoms with Crippen LogP contribution in [0.5, 0.6) is 0 Å². The van der Waals surface area contributed by atoms with Crippen molar-refractivity contribution in [2.75, 3.05) is 4.43 Å². The Morgan fingerprint density at radius 2 is 2.15 bits per heavy atom. The van der Waals surface area contributed by atoms with Gasteiger partial charge in [0.05, 0.1) is 0 Å². The van der Waals surface area contributed by atoms with Gasteiger partial charge in [-0.05, 0) is 18.3 Å². The fourth-order valence-corrected chi connectivity index (χ4v) is 2.50. The first-order valence-corrected chi connectivity index (χ1v) is 5.71. The zero-order valence-corrected chi connectivity index (χ0v) is 10.2. The average molecular weight is 300 g/mol. The number of hydrogen-bond acceptors (Lipinski definition) is 0. The molecule has 0 heterocycles. The van der Waals surface area contributed by atoms with E-state index in [0.717, 1.165) is 10.8 Å². The van der Waals surface area contributed by atoms with Crippen molar-refractivity contribution in [3.63, 3.8) is 0 Å². The van der Waals surface area contributed by atoms with E-state index in [1.165, 1.54) is 0 Å². The third-order valence-electron chi connectivity index (χ3n) is 1.95. The van der Waals surface area contributed by atoms with Crippen LogP contribution in [-0.4, -0.2) is 10.6 Å². The molecule has 0 radical (unpaired) electrons. The Kier molecular flexibility index (Phi) is 5.81. The summed E-state index contributed by atoms with van der Waals surface area (Å²) < 4.78 is 26.7. The predicted molar refractivity (Wildman–Crippen MR) is 60.6 cm³/mol. The molecule has 0 aromatic heterocycles. The van der Waals surface area contributed by atoms with E-state index < -0.39 is 12.0 Å². The fraction of sp³-hybridized carbons (Fsp3) is 0.700. The van der Waals surface area contributed by atoms with Gasteiger partial charge in [0.15, 0.2) is 12.0 Å². The molecule has 0 bridgehead atoms. The molecular weight excluding hydrogens is 285 g/mol. The lowest BCUT2D eigenvalue weighted by Crippen LogP contribution is -2.18. The van der Waals surface area contributed by atoms with Gasteiger partial charge >= 0.3 is 0 Å². The van der Waals surface area contributed by atoms with Gasteiger partial charge in [-0.25, -0.2) is 4.39 Å².